The molecule has 0 aliphatic rings. The summed E-state index contributed by atoms with van der Waals surface area (Å²) >= 11 is 0.757. The molecule has 4 heteroatoms. The van der Waals surface area contributed by atoms with Crippen LogP contribution in [0.5, 0.6) is 0 Å². The first kappa shape index (κ1) is 15.0. The van der Waals surface area contributed by atoms with Gasteiger partial charge in [-0.05, 0) is 18.2 Å². The van der Waals surface area contributed by atoms with Crippen molar-refractivity contribution in [2.75, 3.05) is 20.6 Å². The summed E-state index contributed by atoms with van der Waals surface area (Å²) in [6.45, 7) is 4.72. The Balaban J connectivity index is 0.000000583. The van der Waals surface area contributed by atoms with Gasteiger partial charge in [0.15, 0.2) is 0 Å². The minimum absolute atomic E-state index is 0.757. The van der Waals surface area contributed by atoms with Gasteiger partial charge in [0.1, 0.15) is 12.2 Å². The quantitative estimate of drug-likeness (QED) is 0.452. The van der Waals surface area contributed by atoms with Crippen LogP contribution < -0.4 is 4.48 Å². The van der Waals surface area contributed by atoms with Gasteiger partial charge in [-0.25, -0.2) is 0 Å². The molecule has 0 fully saturated rings. The van der Waals surface area contributed by atoms with Crippen LogP contribution in [0.2, 0.25) is 0 Å². The molecule has 15 heavy (non-hydrogen) atoms. The van der Waals surface area contributed by atoms with E-state index in [1.807, 2.05) is 12.1 Å². The van der Waals surface area contributed by atoms with Gasteiger partial charge in [0.2, 0.25) is 0 Å². The van der Waals surface area contributed by atoms with Crippen molar-refractivity contribution in [3.05, 3.63) is 43.0 Å². The Morgan fingerprint density at radius 2 is 1.73 bits per heavy atom. The number of quaternary nitrogens is 1. The van der Waals surface area contributed by atoms with Gasteiger partial charge in [-0.3, -0.25) is 4.48 Å². The van der Waals surface area contributed by atoms with Crippen LogP contribution >= 0.6 is 20.2 Å². The molecule has 0 radical (unpaired) electrons. The Kier molecular flexibility index (Phi) is 8.21. The van der Waals surface area contributed by atoms with Crippen LogP contribution in [-0.4, -0.2) is 20.6 Å². The predicted molar refractivity (Wildman–Crippen MR) is 66.9 cm³/mol. The Morgan fingerprint density at radius 3 is 2.13 bits per heavy atom. The summed E-state index contributed by atoms with van der Waals surface area (Å²) in [5.41, 5.74) is 1.32. The van der Waals surface area contributed by atoms with Crippen molar-refractivity contribution < 1.29 is 13.1 Å². The molecular formula is C11H16Cl2CuN+. The van der Waals surface area contributed by atoms with Gasteiger partial charge >= 0.3 is 33.3 Å². The summed E-state index contributed by atoms with van der Waals surface area (Å²) in [5, 5.41) is 0. The Hall–Kier alpha value is 0.0195. The molecule has 0 aromatic heterocycles. The van der Waals surface area contributed by atoms with Gasteiger partial charge in [-0.2, -0.15) is 0 Å². The topological polar surface area (TPSA) is 0 Å². The molecule has 0 aliphatic heterocycles. The third-order valence-electron chi connectivity index (χ3n) is 2.04. The SMILES string of the molecule is C=CC[N+](C)(C)c1ccccc1.[Cl][Cu][Cl]. The second kappa shape index (κ2) is 8.20. The second-order valence-corrected chi connectivity index (χ2v) is 5.09. The average molecular weight is 297 g/mol. The average Bonchev–Trinajstić information content (AvgIpc) is 2.20. The van der Waals surface area contributed by atoms with Crippen LogP contribution in [0.15, 0.2) is 43.0 Å². The normalized spacial score (nSPS) is 10.4. The van der Waals surface area contributed by atoms with Gasteiger partial charge in [-0.1, -0.05) is 24.8 Å². The number of para-hydroxylation sites is 1. The number of hydrogen-bond donors (Lipinski definition) is 0. The molecule has 1 aromatic rings. The van der Waals surface area contributed by atoms with Crippen LogP contribution in [0.4, 0.5) is 5.69 Å². The van der Waals surface area contributed by atoms with Gasteiger partial charge in [-0.15, -0.1) is 0 Å². The molecule has 0 heterocycles. The fraction of sp³-hybridized carbons (Fsp3) is 0.273. The molecule has 0 bridgehead atoms. The Morgan fingerprint density at radius 1 is 1.27 bits per heavy atom. The van der Waals surface area contributed by atoms with E-state index in [2.05, 4.69) is 65.1 Å². The zero-order valence-corrected chi connectivity index (χ0v) is 11.3. The van der Waals surface area contributed by atoms with Gasteiger partial charge < -0.3 is 0 Å². The van der Waals surface area contributed by atoms with E-state index in [4.69, 9.17) is 0 Å². The van der Waals surface area contributed by atoms with Crippen LogP contribution in [0.1, 0.15) is 0 Å². The van der Waals surface area contributed by atoms with Crippen LogP contribution in [0.3, 0.4) is 0 Å². The number of likely N-dealkylation sites (N-methyl/N-ethyl adjacent to an activating group) is 1. The van der Waals surface area contributed by atoms with E-state index >= 15 is 0 Å². The molecule has 0 N–H and O–H groups in total. The molecule has 0 saturated heterocycles. The number of hydrogen-bond acceptors (Lipinski definition) is 0. The molecule has 1 nitrogen and oxygen atoms in total. The summed E-state index contributed by atoms with van der Waals surface area (Å²) in [4.78, 5) is 0. The molecular weight excluding hydrogens is 281 g/mol. The number of halogens is 2. The maximum absolute atomic E-state index is 4.67. The first-order valence-electron chi connectivity index (χ1n) is 4.39. The molecule has 0 aliphatic carbocycles. The first-order chi connectivity index (χ1) is 7.08. The van der Waals surface area contributed by atoms with Crippen LogP contribution in [0.25, 0.3) is 0 Å². The summed E-state index contributed by atoms with van der Waals surface area (Å²) in [7, 11) is 13.7. The zero-order valence-electron chi connectivity index (χ0n) is 8.88. The Labute approximate surface area is 107 Å². The first-order valence-corrected chi connectivity index (χ1v) is 6.98. The second-order valence-electron chi connectivity index (χ2n) is 3.53. The molecule has 0 saturated carbocycles. The fourth-order valence-corrected chi connectivity index (χ4v) is 1.26. The number of benzene rings is 1. The van der Waals surface area contributed by atoms with Crippen molar-refractivity contribution in [3.63, 3.8) is 0 Å². The van der Waals surface area contributed by atoms with Crippen molar-refractivity contribution in [1.29, 1.82) is 0 Å². The zero-order chi connectivity index (χ0) is 11.7. The van der Waals surface area contributed by atoms with Gasteiger partial charge in [0, 0.05) is 0 Å². The van der Waals surface area contributed by atoms with Crippen LogP contribution in [0, 0.1) is 0 Å². The predicted octanol–water partition coefficient (Wildman–Crippen LogP) is 3.82. The van der Waals surface area contributed by atoms with E-state index < -0.39 is 0 Å². The van der Waals surface area contributed by atoms with E-state index in [0.29, 0.717) is 0 Å². The van der Waals surface area contributed by atoms with Crippen molar-refractivity contribution >= 4 is 25.9 Å². The molecule has 1 aromatic carbocycles. The maximum atomic E-state index is 4.67. The summed E-state index contributed by atoms with van der Waals surface area (Å²) < 4.78 is 0.865. The molecule has 89 valence electrons. The standard InChI is InChI=1S/C11H16N.2ClH.Cu/c1-4-10-12(2,3)11-8-6-5-7-9-11;;;/h4-9H,1,10H2,2-3H3;2*1H;/q+1;;;+2/p-2. The minimum atomic E-state index is 0.757. The summed E-state index contributed by atoms with van der Waals surface area (Å²) in [6, 6.07) is 10.5. The Bertz CT molecular complexity index is 275. The van der Waals surface area contributed by atoms with E-state index in [0.717, 1.165) is 24.2 Å². The molecule has 1 rings (SSSR count). The third-order valence-corrected chi connectivity index (χ3v) is 2.04. The molecule has 0 unspecified atom stereocenters. The third kappa shape index (κ3) is 6.24. The van der Waals surface area contributed by atoms with Crippen molar-refractivity contribution in [2.24, 2.45) is 0 Å². The fourth-order valence-electron chi connectivity index (χ4n) is 1.26. The van der Waals surface area contributed by atoms with E-state index in [1.165, 1.54) is 5.69 Å². The monoisotopic (exact) mass is 295 g/mol. The molecule has 0 spiro atoms. The van der Waals surface area contributed by atoms with E-state index in [-0.39, 0.29) is 0 Å². The van der Waals surface area contributed by atoms with Crippen molar-refractivity contribution in [1.82, 2.24) is 4.48 Å². The van der Waals surface area contributed by atoms with E-state index in [9.17, 15) is 0 Å². The molecule has 0 atom stereocenters. The number of nitrogens with zero attached hydrogens (tertiary/aromatic N) is 1. The molecule has 0 amide bonds. The van der Waals surface area contributed by atoms with Gasteiger partial charge in [0.25, 0.3) is 0 Å². The van der Waals surface area contributed by atoms with Gasteiger partial charge in [0.05, 0.1) is 14.1 Å². The van der Waals surface area contributed by atoms with Crippen molar-refractivity contribution in [2.45, 2.75) is 0 Å². The summed E-state index contributed by atoms with van der Waals surface area (Å²) in [5.74, 6) is 0. The van der Waals surface area contributed by atoms with Crippen LogP contribution in [-0.2, 0) is 13.1 Å². The summed E-state index contributed by atoms with van der Waals surface area (Å²) in [6.07, 6.45) is 1.95. The number of rotatable bonds is 3. The van der Waals surface area contributed by atoms with E-state index in [1.54, 1.807) is 0 Å². The van der Waals surface area contributed by atoms with Crippen molar-refractivity contribution in [3.8, 4) is 0 Å².